The smallest absolute Gasteiger partial charge is 0.257 e. The molecule has 14 nitrogen and oxygen atoms in total. The Hall–Kier alpha value is -6.51. The monoisotopic (exact) mass is 852 g/mol. The first-order chi connectivity index (χ1) is 30.7. The van der Waals surface area contributed by atoms with Gasteiger partial charge in [0.05, 0.1) is 42.7 Å². The fourth-order valence-electron chi connectivity index (χ4n) is 9.22. The number of fused-ring (bicyclic) bond motifs is 2. The molecule has 2 aromatic heterocycles. The first-order valence-corrected chi connectivity index (χ1v) is 22.0. The van der Waals surface area contributed by atoms with Crippen molar-refractivity contribution < 1.29 is 29.0 Å². The average molecular weight is 853 g/mol. The van der Waals surface area contributed by atoms with Crippen LogP contribution in [-0.2, 0) is 40.8 Å². The van der Waals surface area contributed by atoms with Crippen molar-refractivity contribution in [3.05, 3.63) is 132 Å². The number of benzene rings is 3. The lowest BCUT2D eigenvalue weighted by molar-refractivity contribution is -0.205. The van der Waals surface area contributed by atoms with Crippen LogP contribution in [0.2, 0.25) is 0 Å². The third kappa shape index (κ3) is 9.92. The Balaban J connectivity index is 1.02. The molecule has 5 heterocycles. The zero-order chi connectivity index (χ0) is 43.9. The molecule has 0 unspecified atom stereocenters. The summed E-state index contributed by atoms with van der Waals surface area (Å²) in [4.78, 5) is 67.3. The molecule has 5 aromatic rings. The molecular formula is C49H56N8O6. The number of carbonyl (C=O) groups excluding carboxylic acids is 4. The first kappa shape index (κ1) is 43.2. The Morgan fingerprint density at radius 1 is 0.952 bits per heavy atom. The first-order valence-electron chi connectivity index (χ1n) is 22.0. The molecule has 0 spiro atoms. The van der Waals surface area contributed by atoms with Gasteiger partial charge in [-0.1, -0.05) is 73.2 Å². The number of aromatic hydroxyl groups is 1. The van der Waals surface area contributed by atoms with Crippen LogP contribution in [0.4, 0.5) is 5.69 Å². The Morgan fingerprint density at radius 3 is 2.49 bits per heavy atom. The minimum absolute atomic E-state index is 0.0701. The van der Waals surface area contributed by atoms with Crippen molar-refractivity contribution in [3.63, 3.8) is 0 Å². The summed E-state index contributed by atoms with van der Waals surface area (Å²) in [6.45, 7) is 8.22. The molecule has 2 N–H and O–H groups in total. The van der Waals surface area contributed by atoms with Gasteiger partial charge in [0.2, 0.25) is 23.6 Å². The number of aryl methyl sites for hydroxylation is 2. The SMILES string of the molecule is C=CCN1CC(=O)N2[C@@H](Cc3ccc(O)cc3)C(=O)N(Cc3cccc4c(C(=O)Nc5ccc(OCCCN6CCCCC6)nc5)cn(C)c34)C[C@@H]2N1C(=O)CCc1ccccc1. The van der Waals surface area contributed by atoms with Gasteiger partial charge in [0.15, 0.2) is 0 Å². The molecule has 8 rings (SSSR count). The highest BCUT2D eigenvalue weighted by Gasteiger charge is 2.51. The number of hydrogen-bond acceptors (Lipinski definition) is 9. The number of hydrazine groups is 1. The number of piperazine rings is 1. The molecule has 3 aliphatic heterocycles. The van der Waals surface area contributed by atoms with Gasteiger partial charge in [-0.15, -0.1) is 6.58 Å². The maximum absolute atomic E-state index is 14.8. The van der Waals surface area contributed by atoms with E-state index in [2.05, 4.69) is 21.8 Å². The lowest BCUT2D eigenvalue weighted by Gasteiger charge is -2.55. The van der Waals surface area contributed by atoms with E-state index in [-0.39, 0.29) is 68.4 Å². The second-order valence-electron chi connectivity index (χ2n) is 16.7. The molecule has 14 heteroatoms. The Labute approximate surface area is 368 Å². The van der Waals surface area contributed by atoms with E-state index in [9.17, 15) is 24.3 Å². The minimum Gasteiger partial charge on any atom is -0.508 e. The number of likely N-dealkylation sites (tertiary alicyclic amines) is 1. The topological polar surface area (TPSA) is 144 Å². The van der Waals surface area contributed by atoms with Gasteiger partial charge in [-0.2, -0.15) is 0 Å². The second-order valence-corrected chi connectivity index (χ2v) is 16.7. The van der Waals surface area contributed by atoms with Crippen LogP contribution in [0, 0.1) is 0 Å². The summed E-state index contributed by atoms with van der Waals surface area (Å²) >= 11 is 0. The largest absolute Gasteiger partial charge is 0.508 e. The number of ether oxygens (including phenoxy) is 1. The maximum Gasteiger partial charge on any atom is 0.257 e. The van der Waals surface area contributed by atoms with Crippen molar-refractivity contribution in [2.75, 3.05) is 51.2 Å². The predicted molar refractivity (Wildman–Crippen MR) is 241 cm³/mol. The van der Waals surface area contributed by atoms with E-state index in [1.165, 1.54) is 19.3 Å². The minimum atomic E-state index is -0.921. The summed E-state index contributed by atoms with van der Waals surface area (Å²) in [5.41, 5.74) is 4.36. The van der Waals surface area contributed by atoms with Gasteiger partial charge in [0, 0.05) is 57.2 Å². The second kappa shape index (κ2) is 19.7. The molecule has 3 aromatic carbocycles. The van der Waals surface area contributed by atoms with E-state index in [0.717, 1.165) is 48.3 Å². The molecule has 3 fully saturated rings. The van der Waals surface area contributed by atoms with Crippen LogP contribution in [-0.4, -0.2) is 121 Å². The highest BCUT2D eigenvalue weighted by molar-refractivity contribution is 6.13. The Kier molecular flexibility index (Phi) is 13.5. The van der Waals surface area contributed by atoms with Crippen LogP contribution in [0.3, 0.4) is 0 Å². The number of carbonyl (C=O) groups is 4. The van der Waals surface area contributed by atoms with Crippen LogP contribution in [0.5, 0.6) is 11.6 Å². The van der Waals surface area contributed by atoms with Crippen LogP contribution in [0.15, 0.2) is 110 Å². The number of piperidine rings is 1. The van der Waals surface area contributed by atoms with Gasteiger partial charge < -0.3 is 34.4 Å². The van der Waals surface area contributed by atoms with E-state index < -0.39 is 12.2 Å². The number of rotatable bonds is 16. The third-order valence-corrected chi connectivity index (χ3v) is 12.3. The van der Waals surface area contributed by atoms with Crippen molar-refractivity contribution in [1.82, 2.24) is 34.3 Å². The van der Waals surface area contributed by atoms with E-state index in [1.807, 2.05) is 60.1 Å². The molecule has 2 atom stereocenters. The van der Waals surface area contributed by atoms with Gasteiger partial charge in [-0.25, -0.2) is 15.0 Å². The number of aromatic nitrogens is 2. The summed E-state index contributed by atoms with van der Waals surface area (Å²) < 4.78 is 7.78. The number of phenols is 1. The standard InChI is InChI=1S/C49H56N8O6/c1-3-24-55-34-46(60)56-42(29-36-16-20-39(58)21-17-36)49(62)54(33-44(56)57(55)45(59)23-18-35-12-6-4-7-13-35)31-37-14-10-15-40-41(32-52(2)47(37)40)48(61)51-38-19-22-43(50-30-38)63-28-11-27-53-25-8-5-9-26-53/h3-4,6-7,10,12-17,19-22,30,32,42,44,58H,1,5,8-9,11,18,23-29,31,33-34H2,2H3,(H,51,61)/t42-,44-/m0/s1. The highest BCUT2D eigenvalue weighted by Crippen LogP contribution is 2.32. The Bertz CT molecular complexity index is 2410. The molecule has 0 bridgehead atoms. The zero-order valence-corrected chi connectivity index (χ0v) is 35.9. The van der Waals surface area contributed by atoms with Crippen LogP contribution in [0.1, 0.15) is 59.2 Å². The number of nitrogens with zero attached hydrogens (tertiary/aromatic N) is 7. The van der Waals surface area contributed by atoms with Gasteiger partial charge in [-0.3, -0.25) is 19.2 Å². The molecule has 0 radical (unpaired) electrons. The number of phenolic OH excluding ortho intramolecular Hbond substituents is 1. The number of anilines is 1. The lowest BCUT2D eigenvalue weighted by atomic mass is 9.97. The maximum atomic E-state index is 14.8. The third-order valence-electron chi connectivity index (χ3n) is 12.3. The quantitative estimate of drug-likeness (QED) is 0.0935. The molecule has 63 heavy (non-hydrogen) atoms. The van der Waals surface area contributed by atoms with Crippen molar-refractivity contribution in [2.45, 2.75) is 63.7 Å². The molecule has 0 aliphatic carbocycles. The molecule has 328 valence electrons. The summed E-state index contributed by atoms with van der Waals surface area (Å²) in [5, 5.41) is 17.1. The van der Waals surface area contributed by atoms with Crippen molar-refractivity contribution >= 4 is 40.2 Å². The van der Waals surface area contributed by atoms with Gasteiger partial charge in [-0.05, 0) is 73.7 Å². The summed E-state index contributed by atoms with van der Waals surface area (Å²) in [6.07, 6.45) is 9.93. The van der Waals surface area contributed by atoms with Gasteiger partial charge in [0.1, 0.15) is 18.0 Å². The zero-order valence-electron chi connectivity index (χ0n) is 35.9. The van der Waals surface area contributed by atoms with E-state index in [4.69, 9.17) is 4.74 Å². The molecule has 3 aliphatic rings. The number of pyridine rings is 1. The molecule has 3 saturated heterocycles. The molecule has 4 amide bonds. The number of hydrogen-bond donors (Lipinski definition) is 2. The fraction of sp³-hybridized carbons (Fsp3) is 0.367. The van der Waals surface area contributed by atoms with Crippen LogP contribution < -0.4 is 10.1 Å². The van der Waals surface area contributed by atoms with Crippen LogP contribution in [0.25, 0.3) is 10.9 Å². The fourth-order valence-corrected chi connectivity index (χ4v) is 9.22. The van der Waals surface area contributed by atoms with Gasteiger partial charge >= 0.3 is 0 Å². The van der Waals surface area contributed by atoms with Crippen molar-refractivity contribution in [2.24, 2.45) is 7.05 Å². The predicted octanol–water partition coefficient (Wildman–Crippen LogP) is 5.77. The summed E-state index contributed by atoms with van der Waals surface area (Å²) in [5.74, 6) is -0.385. The normalized spacial score (nSPS) is 18.4. The Morgan fingerprint density at radius 2 is 1.75 bits per heavy atom. The van der Waals surface area contributed by atoms with Crippen molar-refractivity contribution in [1.29, 1.82) is 0 Å². The van der Waals surface area contributed by atoms with Gasteiger partial charge in [0.25, 0.3) is 5.91 Å². The molecular weight excluding hydrogens is 797 g/mol. The lowest BCUT2D eigenvalue weighted by Crippen LogP contribution is -2.75. The van der Waals surface area contributed by atoms with E-state index >= 15 is 0 Å². The average Bonchev–Trinajstić information content (AvgIpc) is 3.64. The van der Waals surface area contributed by atoms with Crippen LogP contribution >= 0.6 is 0 Å². The summed E-state index contributed by atoms with van der Waals surface area (Å²) in [7, 11) is 1.87. The summed E-state index contributed by atoms with van der Waals surface area (Å²) in [6, 6.07) is 24.7. The number of amides is 4. The molecule has 0 saturated carbocycles. The van der Waals surface area contributed by atoms with E-state index in [0.29, 0.717) is 35.5 Å². The number of nitrogens with one attached hydrogen (secondary N) is 1. The van der Waals surface area contributed by atoms with E-state index in [1.54, 1.807) is 74.7 Å². The van der Waals surface area contributed by atoms with Crippen molar-refractivity contribution in [3.8, 4) is 11.6 Å². The highest BCUT2D eigenvalue weighted by atomic mass is 16.5. The number of para-hydroxylation sites is 1.